The zero-order valence-electron chi connectivity index (χ0n) is 10.0. The number of thiazole rings is 1. The van der Waals surface area contributed by atoms with Gasteiger partial charge in [0.2, 0.25) is 0 Å². The molecule has 0 aromatic carbocycles. The summed E-state index contributed by atoms with van der Waals surface area (Å²) in [7, 11) is 0. The Morgan fingerprint density at radius 3 is 2.71 bits per heavy atom. The minimum absolute atomic E-state index is 0.175. The Bertz CT molecular complexity index is 464. The summed E-state index contributed by atoms with van der Waals surface area (Å²) in [6.07, 6.45) is 4.18. The van der Waals surface area contributed by atoms with Crippen LogP contribution >= 0.6 is 11.3 Å². The van der Waals surface area contributed by atoms with E-state index in [1.165, 1.54) is 9.88 Å². The van der Waals surface area contributed by atoms with Crippen LogP contribution in [0.25, 0.3) is 0 Å². The highest BCUT2D eigenvalue weighted by Gasteiger charge is 2.48. The van der Waals surface area contributed by atoms with Gasteiger partial charge in [-0.2, -0.15) is 5.26 Å². The van der Waals surface area contributed by atoms with Crippen molar-refractivity contribution in [1.29, 1.82) is 5.26 Å². The molecule has 1 aromatic heterocycles. The summed E-state index contributed by atoms with van der Waals surface area (Å²) in [5, 5.41) is 10.5. The Morgan fingerprint density at radius 2 is 2.12 bits per heavy atom. The fourth-order valence-corrected chi connectivity index (χ4v) is 3.93. The van der Waals surface area contributed by atoms with Crippen LogP contribution in [0.2, 0.25) is 0 Å². The summed E-state index contributed by atoms with van der Waals surface area (Å²) >= 11 is 1.77. The first-order chi connectivity index (χ1) is 8.25. The summed E-state index contributed by atoms with van der Waals surface area (Å²) in [4.78, 5) is 5.92. The molecule has 2 heterocycles. The highest BCUT2D eigenvalue weighted by Crippen LogP contribution is 2.51. The second-order valence-corrected chi connectivity index (χ2v) is 6.08. The van der Waals surface area contributed by atoms with E-state index in [0.29, 0.717) is 5.92 Å². The van der Waals surface area contributed by atoms with Gasteiger partial charge in [0.25, 0.3) is 0 Å². The predicted molar refractivity (Wildman–Crippen MR) is 66.2 cm³/mol. The highest BCUT2D eigenvalue weighted by molar-refractivity contribution is 7.12. The Hall–Kier alpha value is -0.920. The summed E-state index contributed by atoms with van der Waals surface area (Å²) in [6, 6.07) is 2.47. The van der Waals surface area contributed by atoms with Crippen molar-refractivity contribution < 1.29 is 4.74 Å². The van der Waals surface area contributed by atoms with E-state index in [0.717, 1.165) is 44.6 Å². The molecule has 0 unspecified atom stereocenters. The molecule has 0 amide bonds. The van der Waals surface area contributed by atoms with Crippen LogP contribution in [0.15, 0.2) is 0 Å². The van der Waals surface area contributed by atoms with Crippen molar-refractivity contribution in [3.8, 4) is 6.07 Å². The second-order valence-electron chi connectivity index (χ2n) is 5.05. The van der Waals surface area contributed by atoms with Crippen molar-refractivity contribution in [2.24, 2.45) is 0 Å². The van der Waals surface area contributed by atoms with Gasteiger partial charge in [-0.05, 0) is 32.6 Å². The Labute approximate surface area is 105 Å². The van der Waals surface area contributed by atoms with E-state index >= 15 is 0 Å². The highest BCUT2D eigenvalue weighted by atomic mass is 32.1. The van der Waals surface area contributed by atoms with Crippen LogP contribution in [-0.2, 0) is 10.2 Å². The quantitative estimate of drug-likeness (QED) is 0.808. The van der Waals surface area contributed by atoms with Crippen LogP contribution in [0, 0.1) is 18.3 Å². The van der Waals surface area contributed by atoms with Gasteiger partial charge in [0, 0.05) is 24.0 Å². The molecule has 3 nitrogen and oxygen atoms in total. The molecule has 0 spiro atoms. The molecule has 1 saturated heterocycles. The second kappa shape index (κ2) is 4.08. The topological polar surface area (TPSA) is 45.9 Å². The van der Waals surface area contributed by atoms with E-state index in [2.05, 4.69) is 6.07 Å². The summed E-state index contributed by atoms with van der Waals surface area (Å²) in [5.74, 6) is 0.552. The van der Waals surface area contributed by atoms with Gasteiger partial charge in [0.05, 0.1) is 22.2 Å². The lowest BCUT2D eigenvalue weighted by Crippen LogP contribution is -2.13. The molecule has 1 saturated carbocycles. The molecule has 17 heavy (non-hydrogen) atoms. The molecular formula is C13H16N2OS. The van der Waals surface area contributed by atoms with Gasteiger partial charge in [-0.25, -0.2) is 4.98 Å². The molecule has 0 atom stereocenters. The number of hydrogen-bond acceptors (Lipinski definition) is 4. The number of aryl methyl sites for hydroxylation is 1. The number of nitrogens with zero attached hydrogens (tertiary/aromatic N) is 2. The number of nitriles is 1. The van der Waals surface area contributed by atoms with Crippen molar-refractivity contribution in [3.63, 3.8) is 0 Å². The van der Waals surface area contributed by atoms with Crippen LogP contribution < -0.4 is 0 Å². The summed E-state index contributed by atoms with van der Waals surface area (Å²) < 4.78 is 5.38. The molecule has 1 aliphatic heterocycles. The van der Waals surface area contributed by atoms with Crippen LogP contribution in [0.1, 0.15) is 47.2 Å². The molecule has 90 valence electrons. The zero-order valence-corrected chi connectivity index (χ0v) is 10.8. The average molecular weight is 248 g/mol. The standard InChI is InChI=1S/C13H16N2OS/c1-9-11(13(8-14)4-5-13)17-12(15-9)10-2-6-16-7-3-10/h10H,2-7H2,1H3. The van der Waals surface area contributed by atoms with Crippen molar-refractivity contribution in [2.75, 3.05) is 13.2 Å². The summed E-state index contributed by atoms with van der Waals surface area (Å²) in [5.41, 5.74) is 0.904. The third kappa shape index (κ3) is 1.88. The molecule has 4 heteroatoms. The van der Waals surface area contributed by atoms with E-state index in [1.807, 2.05) is 6.92 Å². The maximum atomic E-state index is 9.26. The van der Waals surface area contributed by atoms with Gasteiger partial charge in [-0.3, -0.25) is 0 Å². The van der Waals surface area contributed by atoms with Crippen molar-refractivity contribution in [1.82, 2.24) is 4.98 Å². The van der Waals surface area contributed by atoms with Crippen LogP contribution in [0.4, 0.5) is 0 Å². The molecule has 0 N–H and O–H groups in total. The largest absolute Gasteiger partial charge is 0.381 e. The van der Waals surface area contributed by atoms with Crippen molar-refractivity contribution in [2.45, 2.75) is 43.9 Å². The Balaban J connectivity index is 1.88. The molecule has 1 aromatic rings. The number of ether oxygens (including phenoxy) is 1. The van der Waals surface area contributed by atoms with Gasteiger partial charge in [0.1, 0.15) is 0 Å². The Morgan fingerprint density at radius 1 is 1.41 bits per heavy atom. The van der Waals surface area contributed by atoms with Gasteiger partial charge < -0.3 is 4.74 Å². The first-order valence-corrected chi connectivity index (χ1v) is 7.04. The smallest absolute Gasteiger partial charge is 0.0964 e. The van der Waals surface area contributed by atoms with Crippen LogP contribution in [0.5, 0.6) is 0 Å². The minimum Gasteiger partial charge on any atom is -0.381 e. The zero-order chi connectivity index (χ0) is 11.9. The molecule has 0 bridgehead atoms. The van der Waals surface area contributed by atoms with E-state index in [9.17, 15) is 5.26 Å². The molecule has 0 radical (unpaired) electrons. The Kier molecular flexibility index (Phi) is 2.68. The van der Waals surface area contributed by atoms with Crippen LogP contribution in [0.3, 0.4) is 0 Å². The SMILES string of the molecule is Cc1nc(C2CCOCC2)sc1C1(C#N)CC1. The normalized spacial score (nSPS) is 23.3. The lowest BCUT2D eigenvalue weighted by atomic mass is 10.0. The first kappa shape index (κ1) is 11.2. The minimum atomic E-state index is -0.175. The molecule has 3 rings (SSSR count). The molecule has 2 aliphatic rings. The molecule has 1 aliphatic carbocycles. The van der Waals surface area contributed by atoms with Crippen molar-refractivity contribution in [3.05, 3.63) is 15.6 Å². The maximum absolute atomic E-state index is 9.26. The first-order valence-electron chi connectivity index (χ1n) is 6.22. The third-order valence-electron chi connectivity index (χ3n) is 3.78. The lowest BCUT2D eigenvalue weighted by molar-refractivity contribution is 0.0852. The van der Waals surface area contributed by atoms with Gasteiger partial charge in [-0.15, -0.1) is 11.3 Å². The van der Waals surface area contributed by atoms with E-state index in [1.54, 1.807) is 11.3 Å². The van der Waals surface area contributed by atoms with Crippen molar-refractivity contribution >= 4 is 11.3 Å². The van der Waals surface area contributed by atoms with E-state index in [-0.39, 0.29) is 5.41 Å². The monoisotopic (exact) mass is 248 g/mol. The molecular weight excluding hydrogens is 232 g/mol. The average Bonchev–Trinajstić information content (AvgIpc) is 3.07. The fourth-order valence-electron chi connectivity index (χ4n) is 2.50. The van der Waals surface area contributed by atoms with Gasteiger partial charge >= 0.3 is 0 Å². The van der Waals surface area contributed by atoms with Crippen LogP contribution in [-0.4, -0.2) is 18.2 Å². The van der Waals surface area contributed by atoms with E-state index in [4.69, 9.17) is 9.72 Å². The number of rotatable bonds is 2. The number of aromatic nitrogens is 1. The van der Waals surface area contributed by atoms with Gasteiger partial charge in [0.15, 0.2) is 0 Å². The predicted octanol–water partition coefficient (Wildman–Crippen LogP) is 2.90. The lowest BCUT2D eigenvalue weighted by Gasteiger charge is -2.19. The summed E-state index contributed by atoms with van der Waals surface area (Å²) in [6.45, 7) is 3.75. The maximum Gasteiger partial charge on any atom is 0.0964 e. The molecule has 2 fully saturated rings. The number of hydrogen-bond donors (Lipinski definition) is 0. The fraction of sp³-hybridized carbons (Fsp3) is 0.692. The third-order valence-corrected chi connectivity index (χ3v) is 5.31. The van der Waals surface area contributed by atoms with E-state index < -0.39 is 0 Å². The van der Waals surface area contributed by atoms with Gasteiger partial charge in [-0.1, -0.05) is 0 Å².